The number of aliphatic hydroxyl groups excluding tert-OH is 2. The molecule has 0 saturated heterocycles. The summed E-state index contributed by atoms with van der Waals surface area (Å²) in [6, 6.07) is 7.07. The highest BCUT2D eigenvalue weighted by molar-refractivity contribution is 5.86. The van der Waals surface area contributed by atoms with E-state index in [1.54, 1.807) is 0 Å². The number of hydrogen-bond donors (Lipinski definition) is 2. The van der Waals surface area contributed by atoms with Crippen LogP contribution in [0.1, 0.15) is 5.56 Å². The van der Waals surface area contributed by atoms with Gasteiger partial charge in [0, 0.05) is 11.5 Å². The van der Waals surface area contributed by atoms with E-state index >= 15 is 0 Å². The number of methoxy groups -OCH3 is 1. The molecule has 0 aliphatic carbocycles. The second-order valence-electron chi connectivity index (χ2n) is 4.52. The Bertz CT molecular complexity index is 648. The van der Waals surface area contributed by atoms with E-state index in [1.807, 2.05) is 25.1 Å². The quantitative estimate of drug-likeness (QED) is 0.850. The van der Waals surface area contributed by atoms with Crippen LogP contribution in [0.4, 0.5) is 0 Å². The van der Waals surface area contributed by atoms with Crippen molar-refractivity contribution in [2.75, 3.05) is 13.7 Å². The number of hydrogen-bond acceptors (Lipinski definition) is 4. The van der Waals surface area contributed by atoms with Crippen LogP contribution in [-0.2, 0) is 6.54 Å². The molecule has 1 heterocycles. The number of pyridine rings is 1. The van der Waals surface area contributed by atoms with E-state index in [2.05, 4.69) is 0 Å². The summed E-state index contributed by atoms with van der Waals surface area (Å²) in [5.41, 5.74) is 1.44. The molecular weight excluding hydrogens is 246 g/mol. The molecule has 0 aliphatic heterocycles. The van der Waals surface area contributed by atoms with Crippen LogP contribution in [-0.4, -0.2) is 34.6 Å². The lowest BCUT2D eigenvalue weighted by Crippen LogP contribution is -2.28. The second-order valence-corrected chi connectivity index (χ2v) is 4.52. The lowest BCUT2D eigenvalue weighted by atomic mass is 10.1. The Kier molecular flexibility index (Phi) is 3.87. The molecule has 2 N–H and O–H groups in total. The average Bonchev–Trinajstić information content (AvgIpc) is 2.41. The highest BCUT2D eigenvalue weighted by Crippen LogP contribution is 2.24. The molecule has 0 saturated carbocycles. The molecule has 5 heteroatoms. The van der Waals surface area contributed by atoms with Crippen molar-refractivity contribution in [2.45, 2.75) is 19.6 Å². The maximum atomic E-state index is 12.1. The van der Waals surface area contributed by atoms with Gasteiger partial charge in [0.1, 0.15) is 5.75 Å². The van der Waals surface area contributed by atoms with Gasteiger partial charge in [-0.05, 0) is 24.6 Å². The maximum Gasteiger partial charge on any atom is 0.254 e. The van der Waals surface area contributed by atoms with Crippen LogP contribution in [0.15, 0.2) is 29.1 Å². The first-order chi connectivity index (χ1) is 9.06. The Labute approximate surface area is 110 Å². The summed E-state index contributed by atoms with van der Waals surface area (Å²) in [4.78, 5) is 12.1. The smallest absolute Gasteiger partial charge is 0.254 e. The zero-order valence-corrected chi connectivity index (χ0v) is 11.0. The zero-order valence-electron chi connectivity index (χ0n) is 11.0. The van der Waals surface area contributed by atoms with Crippen LogP contribution in [0.2, 0.25) is 0 Å². The van der Waals surface area contributed by atoms with E-state index in [4.69, 9.17) is 9.84 Å². The van der Waals surface area contributed by atoms with Gasteiger partial charge in [-0.2, -0.15) is 0 Å². The van der Waals surface area contributed by atoms with E-state index in [9.17, 15) is 9.90 Å². The summed E-state index contributed by atoms with van der Waals surface area (Å²) < 4.78 is 6.66. The predicted octanol–water partition coefficient (Wildman–Crippen LogP) is 0.672. The monoisotopic (exact) mass is 263 g/mol. The van der Waals surface area contributed by atoms with Gasteiger partial charge < -0.3 is 19.5 Å². The molecule has 1 unspecified atom stereocenters. The molecule has 0 spiro atoms. The third-order valence-corrected chi connectivity index (χ3v) is 3.05. The molecule has 0 amide bonds. The highest BCUT2D eigenvalue weighted by Gasteiger charge is 2.12. The minimum atomic E-state index is -0.963. The lowest BCUT2D eigenvalue weighted by Gasteiger charge is -2.15. The first kappa shape index (κ1) is 13.6. The molecule has 19 heavy (non-hydrogen) atoms. The Balaban J connectivity index is 2.71. The van der Waals surface area contributed by atoms with Crippen LogP contribution < -0.4 is 10.3 Å². The Hall–Kier alpha value is -1.85. The first-order valence-corrected chi connectivity index (χ1v) is 6.04. The number of rotatable bonds is 4. The SMILES string of the molecule is COc1cc(=O)n(CC(O)CO)c2cc(C)ccc12. The second kappa shape index (κ2) is 5.42. The normalized spacial score (nSPS) is 12.6. The Morgan fingerprint density at radius 3 is 2.74 bits per heavy atom. The van der Waals surface area contributed by atoms with E-state index < -0.39 is 6.10 Å². The fraction of sp³-hybridized carbons (Fsp3) is 0.357. The molecule has 0 aliphatic rings. The number of aromatic nitrogens is 1. The highest BCUT2D eigenvalue weighted by atomic mass is 16.5. The van der Waals surface area contributed by atoms with Crippen molar-refractivity contribution in [3.63, 3.8) is 0 Å². The summed E-state index contributed by atoms with van der Waals surface area (Å²) in [5.74, 6) is 0.509. The van der Waals surface area contributed by atoms with Crippen molar-refractivity contribution in [1.29, 1.82) is 0 Å². The molecule has 5 nitrogen and oxygen atoms in total. The van der Waals surface area contributed by atoms with Crippen LogP contribution in [0.5, 0.6) is 5.75 Å². The molecule has 2 aromatic rings. The van der Waals surface area contributed by atoms with Crippen molar-refractivity contribution in [3.8, 4) is 5.75 Å². The lowest BCUT2D eigenvalue weighted by molar-refractivity contribution is 0.0814. The van der Waals surface area contributed by atoms with Crippen molar-refractivity contribution < 1.29 is 14.9 Å². The van der Waals surface area contributed by atoms with Crippen molar-refractivity contribution in [1.82, 2.24) is 4.57 Å². The van der Waals surface area contributed by atoms with Crippen molar-refractivity contribution >= 4 is 10.9 Å². The van der Waals surface area contributed by atoms with E-state index in [1.165, 1.54) is 17.7 Å². The van der Waals surface area contributed by atoms with E-state index in [0.717, 1.165) is 10.9 Å². The van der Waals surface area contributed by atoms with Crippen molar-refractivity contribution in [3.05, 3.63) is 40.2 Å². The number of aryl methyl sites for hydroxylation is 1. The minimum absolute atomic E-state index is 0.0548. The number of ether oxygens (including phenoxy) is 1. The molecule has 102 valence electrons. The number of nitrogens with zero attached hydrogens (tertiary/aromatic N) is 1. The Morgan fingerprint density at radius 2 is 2.11 bits per heavy atom. The average molecular weight is 263 g/mol. The summed E-state index contributed by atoms with van der Waals surface area (Å²) in [6.07, 6.45) is -0.963. The van der Waals surface area contributed by atoms with Gasteiger partial charge in [0.25, 0.3) is 5.56 Å². The Morgan fingerprint density at radius 1 is 1.37 bits per heavy atom. The molecule has 1 aromatic heterocycles. The van der Waals surface area contributed by atoms with Gasteiger partial charge in [-0.1, -0.05) is 6.07 Å². The van der Waals surface area contributed by atoms with Crippen molar-refractivity contribution in [2.24, 2.45) is 0 Å². The molecule has 1 atom stereocenters. The summed E-state index contributed by atoms with van der Waals surface area (Å²) in [5, 5.41) is 19.3. The van der Waals surface area contributed by atoms with Gasteiger partial charge >= 0.3 is 0 Å². The summed E-state index contributed by atoms with van der Waals surface area (Å²) >= 11 is 0. The third-order valence-electron chi connectivity index (χ3n) is 3.05. The van der Waals surface area contributed by atoms with Gasteiger partial charge in [0.15, 0.2) is 0 Å². The maximum absolute atomic E-state index is 12.1. The van der Waals surface area contributed by atoms with Crippen LogP contribution in [0.3, 0.4) is 0 Å². The van der Waals surface area contributed by atoms with E-state index in [0.29, 0.717) is 11.3 Å². The topological polar surface area (TPSA) is 71.7 Å². The fourth-order valence-electron chi connectivity index (χ4n) is 2.09. The number of fused-ring (bicyclic) bond motifs is 1. The van der Waals surface area contributed by atoms with Gasteiger partial charge in [0.05, 0.1) is 31.9 Å². The third kappa shape index (κ3) is 2.62. The number of benzene rings is 1. The zero-order chi connectivity index (χ0) is 14.0. The largest absolute Gasteiger partial charge is 0.496 e. The van der Waals surface area contributed by atoms with Crippen LogP contribution >= 0.6 is 0 Å². The standard InChI is InChI=1S/C14H17NO4/c1-9-3-4-11-12(5-9)15(7-10(17)8-16)14(18)6-13(11)19-2/h3-6,10,16-17H,7-8H2,1-2H3. The number of aliphatic hydroxyl groups is 2. The van der Waals surface area contributed by atoms with Gasteiger partial charge in [0.2, 0.25) is 0 Å². The van der Waals surface area contributed by atoms with Crippen LogP contribution in [0.25, 0.3) is 10.9 Å². The van der Waals surface area contributed by atoms with Crippen LogP contribution in [0, 0.1) is 6.92 Å². The molecule has 2 rings (SSSR count). The van der Waals surface area contributed by atoms with E-state index in [-0.39, 0.29) is 18.7 Å². The van der Waals surface area contributed by atoms with Gasteiger partial charge in [-0.25, -0.2) is 0 Å². The van der Waals surface area contributed by atoms with Gasteiger partial charge in [-0.3, -0.25) is 4.79 Å². The predicted molar refractivity (Wildman–Crippen MR) is 72.6 cm³/mol. The molecule has 1 aromatic carbocycles. The molecule has 0 fully saturated rings. The summed E-state index contributed by atoms with van der Waals surface area (Å²) in [7, 11) is 1.51. The molecular formula is C14H17NO4. The van der Waals surface area contributed by atoms with Gasteiger partial charge in [-0.15, -0.1) is 0 Å². The fourth-order valence-corrected chi connectivity index (χ4v) is 2.09. The first-order valence-electron chi connectivity index (χ1n) is 6.04. The molecule has 0 radical (unpaired) electrons. The minimum Gasteiger partial charge on any atom is -0.496 e. The molecule has 0 bridgehead atoms. The summed E-state index contributed by atoms with van der Waals surface area (Å²) in [6.45, 7) is 1.60.